The number of nitrogens with zero attached hydrogens (tertiary/aromatic N) is 5. The minimum absolute atomic E-state index is 0.330. The van der Waals surface area contributed by atoms with E-state index in [9.17, 15) is 4.79 Å². The van der Waals surface area contributed by atoms with Crippen LogP contribution in [0.2, 0.25) is 0 Å². The Morgan fingerprint density at radius 3 is 2.69 bits per heavy atom. The third-order valence-corrected chi connectivity index (χ3v) is 7.25. The van der Waals surface area contributed by atoms with Crippen LogP contribution >= 0.6 is 0 Å². The summed E-state index contributed by atoms with van der Waals surface area (Å²) in [7, 11) is 0. The van der Waals surface area contributed by atoms with Gasteiger partial charge in [0, 0.05) is 22.1 Å². The lowest BCUT2D eigenvalue weighted by Crippen LogP contribution is -2.23. The minimum atomic E-state index is -0.501. The topological polar surface area (TPSA) is 125 Å². The molecule has 0 radical (unpaired) electrons. The van der Waals surface area contributed by atoms with Crippen molar-refractivity contribution in [1.82, 2.24) is 29.9 Å². The maximum atomic E-state index is 12.6. The number of allylic oxidation sites excluding steroid dienone is 2. The lowest BCUT2D eigenvalue weighted by Gasteiger charge is -2.31. The first-order valence-electron chi connectivity index (χ1n) is 12.6. The van der Waals surface area contributed by atoms with Gasteiger partial charge in [-0.05, 0) is 24.6 Å². The summed E-state index contributed by atoms with van der Waals surface area (Å²) in [5, 5.41) is 13.8. The Hall–Kier alpha value is -5.31. The molecule has 6 aromatic rings. The number of fused-ring (bicyclic) bond motifs is 3. The smallest absolute Gasteiger partial charge is 0.164 e. The number of nitrogens with one attached hydrogen (secondary N) is 1. The van der Waals surface area contributed by atoms with E-state index in [1.165, 1.54) is 6.33 Å². The zero-order valence-electron chi connectivity index (χ0n) is 20.9. The van der Waals surface area contributed by atoms with Crippen LogP contribution in [0, 0.1) is 0 Å². The largest absolute Gasteiger partial charge is 0.459 e. The number of anilines is 1. The Morgan fingerprint density at radius 1 is 1.03 bits per heavy atom. The highest BCUT2D eigenvalue weighted by molar-refractivity contribution is 6.00. The van der Waals surface area contributed by atoms with Crippen LogP contribution in [0.3, 0.4) is 0 Å². The summed E-state index contributed by atoms with van der Waals surface area (Å²) in [5.74, 6) is 1.09. The van der Waals surface area contributed by atoms with Crippen molar-refractivity contribution in [3.63, 3.8) is 0 Å². The molecule has 190 valence electrons. The molecule has 0 aliphatic carbocycles. The molecule has 9 nitrogen and oxygen atoms in total. The third kappa shape index (κ3) is 3.58. The van der Waals surface area contributed by atoms with Crippen LogP contribution in [0.15, 0.2) is 91.1 Å². The summed E-state index contributed by atoms with van der Waals surface area (Å²) >= 11 is 0. The van der Waals surface area contributed by atoms with Gasteiger partial charge in [0.25, 0.3) is 0 Å². The van der Waals surface area contributed by atoms with E-state index in [1.54, 1.807) is 10.9 Å². The molecule has 2 atom stereocenters. The van der Waals surface area contributed by atoms with E-state index in [1.807, 2.05) is 79.7 Å². The molecule has 0 saturated heterocycles. The molecule has 0 spiro atoms. The second kappa shape index (κ2) is 8.91. The highest BCUT2D eigenvalue weighted by atomic mass is 16.5. The van der Waals surface area contributed by atoms with E-state index in [2.05, 4.69) is 20.2 Å². The summed E-state index contributed by atoms with van der Waals surface area (Å²) in [4.78, 5) is 21.4. The standard InChI is InChI=1S/C30H23N7O2/c1-17(28-25(18-7-3-2-4-8-18)22(15-38)21-9-5-6-10-24(21)39-28)37-30-26(29(31)32-16-33-30)27(36-37)19-11-12-20-14-34-35-23(20)13-19/h2-17,22H,1H3,(H,34,35)(H2,31,32,33). The van der Waals surface area contributed by atoms with Crippen LogP contribution in [-0.4, -0.2) is 36.2 Å². The van der Waals surface area contributed by atoms with Gasteiger partial charge in [0.15, 0.2) is 5.65 Å². The highest BCUT2D eigenvalue weighted by Crippen LogP contribution is 2.46. The molecule has 4 heterocycles. The van der Waals surface area contributed by atoms with Crippen LogP contribution in [0.4, 0.5) is 5.82 Å². The molecule has 3 aromatic heterocycles. The van der Waals surface area contributed by atoms with Crippen LogP contribution in [0.1, 0.15) is 30.0 Å². The Labute approximate surface area is 223 Å². The molecule has 9 heteroatoms. The van der Waals surface area contributed by atoms with Crippen LogP contribution in [-0.2, 0) is 4.79 Å². The fourth-order valence-electron chi connectivity index (χ4n) is 5.37. The SMILES string of the molecule is CC(C1=C(c2ccccc2)C(C=O)c2ccccc2O1)n1nc(-c2ccc3cn[nH]c3c2)c2c(N)ncnc21. The lowest BCUT2D eigenvalue weighted by molar-refractivity contribution is -0.108. The molecule has 1 aliphatic rings. The molecule has 0 fully saturated rings. The zero-order valence-corrected chi connectivity index (χ0v) is 20.9. The van der Waals surface area contributed by atoms with Gasteiger partial charge in [-0.15, -0.1) is 0 Å². The van der Waals surface area contributed by atoms with Crippen molar-refractivity contribution in [3.05, 3.63) is 102 Å². The molecule has 3 N–H and O–H groups in total. The van der Waals surface area contributed by atoms with Crippen molar-refractivity contribution < 1.29 is 9.53 Å². The van der Waals surface area contributed by atoms with Crippen LogP contribution in [0.5, 0.6) is 5.75 Å². The molecule has 0 amide bonds. The number of carbonyl (C=O) groups is 1. The number of carbonyl (C=O) groups excluding carboxylic acids is 1. The third-order valence-electron chi connectivity index (χ3n) is 7.25. The van der Waals surface area contributed by atoms with Crippen molar-refractivity contribution in [1.29, 1.82) is 0 Å². The van der Waals surface area contributed by atoms with Crippen molar-refractivity contribution in [2.75, 3.05) is 5.73 Å². The monoisotopic (exact) mass is 513 g/mol. The Kier molecular flexibility index (Phi) is 5.22. The van der Waals surface area contributed by atoms with Gasteiger partial charge < -0.3 is 15.3 Å². The molecular weight excluding hydrogens is 490 g/mol. The van der Waals surface area contributed by atoms with Crippen LogP contribution < -0.4 is 10.5 Å². The highest BCUT2D eigenvalue weighted by Gasteiger charge is 2.34. The van der Waals surface area contributed by atoms with E-state index in [0.717, 1.165) is 39.5 Å². The fraction of sp³-hybridized carbons (Fsp3) is 0.100. The predicted molar refractivity (Wildman–Crippen MR) is 149 cm³/mol. The number of benzene rings is 3. The summed E-state index contributed by atoms with van der Waals surface area (Å²) in [6, 6.07) is 23.0. The summed E-state index contributed by atoms with van der Waals surface area (Å²) in [6.07, 6.45) is 4.18. The van der Waals surface area contributed by atoms with E-state index in [0.29, 0.717) is 34.1 Å². The van der Waals surface area contributed by atoms with E-state index >= 15 is 0 Å². The first-order chi connectivity index (χ1) is 19.1. The second-order valence-corrected chi connectivity index (χ2v) is 9.50. The number of aromatic amines is 1. The van der Waals surface area contributed by atoms with Gasteiger partial charge in [0.1, 0.15) is 41.7 Å². The van der Waals surface area contributed by atoms with E-state index in [-0.39, 0.29) is 0 Å². The molecular formula is C30H23N7O2. The zero-order chi connectivity index (χ0) is 26.5. The molecule has 3 aromatic carbocycles. The number of aromatic nitrogens is 6. The number of aldehydes is 1. The summed E-state index contributed by atoms with van der Waals surface area (Å²) < 4.78 is 8.36. The maximum absolute atomic E-state index is 12.6. The number of nitrogens with two attached hydrogens (primary N) is 1. The van der Waals surface area contributed by atoms with Crippen molar-refractivity contribution in [2.24, 2.45) is 0 Å². The van der Waals surface area contributed by atoms with Crippen molar-refractivity contribution in [3.8, 4) is 17.0 Å². The average molecular weight is 514 g/mol. The van der Waals surface area contributed by atoms with Gasteiger partial charge >= 0.3 is 0 Å². The second-order valence-electron chi connectivity index (χ2n) is 9.50. The quantitative estimate of drug-likeness (QED) is 0.300. The van der Waals surface area contributed by atoms with Gasteiger partial charge in [-0.25, -0.2) is 14.6 Å². The first-order valence-corrected chi connectivity index (χ1v) is 12.6. The Morgan fingerprint density at radius 2 is 1.85 bits per heavy atom. The number of nitrogen functional groups attached to an aromatic ring is 1. The van der Waals surface area contributed by atoms with Crippen molar-refractivity contribution in [2.45, 2.75) is 18.9 Å². The number of hydrogen-bond acceptors (Lipinski definition) is 7. The molecule has 0 bridgehead atoms. The first kappa shape index (κ1) is 22.9. The number of para-hydroxylation sites is 1. The number of ether oxygens (including phenoxy) is 1. The predicted octanol–water partition coefficient (Wildman–Crippen LogP) is 5.30. The van der Waals surface area contributed by atoms with Crippen molar-refractivity contribution >= 4 is 39.6 Å². The number of rotatable bonds is 5. The van der Waals surface area contributed by atoms with Gasteiger partial charge in [-0.1, -0.05) is 60.7 Å². The average Bonchev–Trinajstić information content (AvgIpc) is 3.61. The lowest BCUT2D eigenvalue weighted by atomic mass is 9.83. The minimum Gasteiger partial charge on any atom is -0.459 e. The van der Waals surface area contributed by atoms with Gasteiger partial charge in [0.2, 0.25) is 0 Å². The van der Waals surface area contributed by atoms with Crippen LogP contribution in [0.25, 0.3) is 38.8 Å². The van der Waals surface area contributed by atoms with Gasteiger partial charge in [0.05, 0.1) is 23.0 Å². The van der Waals surface area contributed by atoms with Gasteiger partial charge in [-0.2, -0.15) is 10.2 Å². The summed E-state index contributed by atoms with van der Waals surface area (Å²) in [5.41, 5.74) is 11.9. The number of H-pyrrole nitrogens is 1. The van der Waals surface area contributed by atoms with E-state index < -0.39 is 12.0 Å². The molecule has 2 unspecified atom stereocenters. The maximum Gasteiger partial charge on any atom is 0.164 e. The molecule has 7 rings (SSSR count). The normalized spacial score (nSPS) is 15.8. The Balaban J connectivity index is 1.46. The summed E-state index contributed by atoms with van der Waals surface area (Å²) in [6.45, 7) is 1.99. The molecule has 1 aliphatic heterocycles. The van der Waals surface area contributed by atoms with Gasteiger partial charge in [-0.3, -0.25) is 5.10 Å². The molecule has 0 saturated carbocycles. The van der Waals surface area contributed by atoms with E-state index in [4.69, 9.17) is 15.6 Å². The fourth-order valence-corrected chi connectivity index (χ4v) is 5.37. The Bertz CT molecular complexity index is 1910. The number of hydrogen-bond donors (Lipinski definition) is 2. The molecule has 39 heavy (non-hydrogen) atoms.